The van der Waals surface area contributed by atoms with Gasteiger partial charge in [0.05, 0.1) is 23.7 Å². The van der Waals surface area contributed by atoms with E-state index in [0.717, 1.165) is 30.0 Å². The lowest BCUT2D eigenvalue weighted by molar-refractivity contribution is 0.0948. The summed E-state index contributed by atoms with van der Waals surface area (Å²) in [6, 6.07) is 11.3. The van der Waals surface area contributed by atoms with Gasteiger partial charge in [-0.3, -0.25) is 14.2 Å². The molecule has 0 atom stereocenters. The number of aromatic nitrogens is 2. The Morgan fingerprint density at radius 1 is 1.21 bits per heavy atom. The fourth-order valence-electron chi connectivity index (χ4n) is 3.22. The normalized spacial score (nSPS) is 11.0. The Morgan fingerprint density at radius 3 is 2.82 bits per heavy atom. The Labute approximate surface area is 191 Å². The molecule has 0 spiro atoms. The summed E-state index contributed by atoms with van der Waals surface area (Å²) < 4.78 is 34.2. The van der Waals surface area contributed by atoms with E-state index < -0.39 is 11.6 Å². The fourth-order valence-corrected chi connectivity index (χ4v) is 4.20. The van der Waals surface area contributed by atoms with Gasteiger partial charge in [0.25, 0.3) is 11.5 Å². The summed E-state index contributed by atoms with van der Waals surface area (Å²) in [5.74, 6) is -0.758. The number of carbonyl (C=O) groups excluding carboxylic acids is 1. The number of rotatable bonds is 8. The van der Waals surface area contributed by atoms with Crippen molar-refractivity contribution < 1.29 is 18.0 Å². The number of hydrogen-bond acceptors (Lipinski definition) is 5. The number of nitrogens with one attached hydrogen (secondary N) is 1. The zero-order valence-corrected chi connectivity index (χ0v) is 18.2. The highest BCUT2D eigenvalue weighted by Gasteiger charge is 2.15. The maximum atomic E-state index is 14.0. The Hall–Kier alpha value is -3.72. The quantitative estimate of drug-likeness (QED) is 0.231. The van der Waals surface area contributed by atoms with Crippen molar-refractivity contribution in [2.24, 2.45) is 0 Å². The number of benzene rings is 2. The molecule has 2 aromatic carbocycles. The Balaban J connectivity index is 1.65. The second kappa shape index (κ2) is 9.83. The van der Waals surface area contributed by atoms with Crippen LogP contribution < -0.4 is 10.9 Å². The summed E-state index contributed by atoms with van der Waals surface area (Å²) in [7, 11) is 0. The first-order chi connectivity index (χ1) is 16.0. The molecular weight excluding hydrogens is 448 g/mol. The van der Waals surface area contributed by atoms with E-state index in [2.05, 4.69) is 16.9 Å². The van der Waals surface area contributed by atoms with Crippen molar-refractivity contribution in [3.8, 4) is 0 Å². The zero-order valence-electron chi connectivity index (χ0n) is 17.4. The topological polar surface area (TPSA) is 77.1 Å². The lowest BCUT2D eigenvalue weighted by atomic mass is 10.1. The van der Waals surface area contributed by atoms with Crippen molar-refractivity contribution in [1.82, 2.24) is 14.9 Å². The molecule has 1 N–H and O–H groups in total. The lowest BCUT2D eigenvalue weighted by Crippen LogP contribution is -2.24. The van der Waals surface area contributed by atoms with Gasteiger partial charge in [-0.15, -0.1) is 6.58 Å². The number of fused-ring (bicyclic) bond motifs is 1. The van der Waals surface area contributed by atoms with E-state index in [0.29, 0.717) is 27.4 Å². The van der Waals surface area contributed by atoms with Gasteiger partial charge < -0.3 is 9.73 Å². The van der Waals surface area contributed by atoms with E-state index >= 15 is 0 Å². The van der Waals surface area contributed by atoms with Crippen LogP contribution in [0.4, 0.5) is 8.78 Å². The second-order valence-corrected chi connectivity index (χ2v) is 8.06. The molecule has 4 rings (SSSR count). The van der Waals surface area contributed by atoms with Crippen molar-refractivity contribution in [2.75, 3.05) is 0 Å². The highest BCUT2D eigenvalue weighted by atomic mass is 32.2. The highest BCUT2D eigenvalue weighted by Crippen LogP contribution is 2.24. The number of nitrogens with zero attached hydrogens (tertiary/aromatic N) is 2. The van der Waals surface area contributed by atoms with E-state index in [1.165, 1.54) is 16.9 Å². The van der Waals surface area contributed by atoms with E-state index in [4.69, 9.17) is 4.42 Å². The van der Waals surface area contributed by atoms with Crippen LogP contribution in [0, 0.1) is 11.6 Å². The molecule has 0 unspecified atom stereocenters. The van der Waals surface area contributed by atoms with Crippen LogP contribution in [0.5, 0.6) is 0 Å². The third kappa shape index (κ3) is 5.04. The minimum absolute atomic E-state index is 0.0714. The molecule has 0 saturated heterocycles. The molecule has 0 bridgehead atoms. The number of carbonyl (C=O) groups is 1. The summed E-state index contributed by atoms with van der Waals surface area (Å²) in [6.45, 7) is 4.09. The molecule has 0 aliphatic rings. The molecule has 2 aromatic heterocycles. The van der Waals surface area contributed by atoms with Gasteiger partial charge in [-0.1, -0.05) is 17.8 Å². The van der Waals surface area contributed by atoms with Crippen molar-refractivity contribution in [3.63, 3.8) is 0 Å². The highest BCUT2D eigenvalue weighted by molar-refractivity contribution is 7.98. The first-order valence-electron chi connectivity index (χ1n) is 9.99. The van der Waals surface area contributed by atoms with E-state index in [9.17, 15) is 18.4 Å². The molecule has 6 nitrogen and oxygen atoms in total. The van der Waals surface area contributed by atoms with Gasteiger partial charge in [0, 0.05) is 23.4 Å². The number of halogens is 2. The first-order valence-corrected chi connectivity index (χ1v) is 11.0. The van der Waals surface area contributed by atoms with Crippen LogP contribution >= 0.6 is 11.8 Å². The molecule has 0 radical (unpaired) electrons. The summed E-state index contributed by atoms with van der Waals surface area (Å²) in [4.78, 5) is 30.1. The molecule has 9 heteroatoms. The number of hydrogen-bond donors (Lipinski definition) is 1. The number of amides is 1. The Morgan fingerprint density at radius 2 is 2.06 bits per heavy atom. The van der Waals surface area contributed by atoms with Crippen LogP contribution in [0.15, 0.2) is 81.8 Å². The summed E-state index contributed by atoms with van der Waals surface area (Å²) >= 11 is 1.10. The van der Waals surface area contributed by atoms with Crippen LogP contribution in [0.3, 0.4) is 0 Å². The first kappa shape index (κ1) is 22.5. The van der Waals surface area contributed by atoms with E-state index in [-0.39, 0.29) is 35.9 Å². The second-order valence-electron chi connectivity index (χ2n) is 7.12. The van der Waals surface area contributed by atoms with Crippen LogP contribution in [0.2, 0.25) is 0 Å². The van der Waals surface area contributed by atoms with Gasteiger partial charge in [0.15, 0.2) is 5.16 Å². The summed E-state index contributed by atoms with van der Waals surface area (Å²) in [5.41, 5.74) is 0.498. The molecule has 0 fully saturated rings. The minimum atomic E-state index is -0.549. The van der Waals surface area contributed by atoms with Crippen LogP contribution in [0.1, 0.15) is 21.7 Å². The molecule has 168 valence electrons. The summed E-state index contributed by atoms with van der Waals surface area (Å²) in [6.07, 6.45) is 3.07. The molecule has 0 aliphatic heterocycles. The average Bonchev–Trinajstić information content (AvgIpc) is 3.33. The van der Waals surface area contributed by atoms with Crippen LogP contribution in [0.25, 0.3) is 10.9 Å². The van der Waals surface area contributed by atoms with Crippen molar-refractivity contribution in [1.29, 1.82) is 0 Å². The van der Waals surface area contributed by atoms with Gasteiger partial charge in [-0.2, -0.15) is 0 Å². The van der Waals surface area contributed by atoms with Crippen LogP contribution in [-0.4, -0.2) is 15.5 Å². The maximum Gasteiger partial charge on any atom is 0.262 e. The summed E-state index contributed by atoms with van der Waals surface area (Å²) in [5, 5.41) is 3.39. The van der Waals surface area contributed by atoms with Crippen molar-refractivity contribution in [2.45, 2.75) is 24.0 Å². The van der Waals surface area contributed by atoms with Crippen LogP contribution in [-0.2, 0) is 18.8 Å². The van der Waals surface area contributed by atoms with E-state index in [1.54, 1.807) is 30.3 Å². The Bertz CT molecular complexity index is 1380. The van der Waals surface area contributed by atoms with E-state index in [1.807, 2.05) is 0 Å². The molecule has 2 heterocycles. The molecule has 0 aliphatic carbocycles. The molecule has 33 heavy (non-hydrogen) atoms. The number of thioether (sulfide) groups is 1. The van der Waals surface area contributed by atoms with Gasteiger partial charge in [0.2, 0.25) is 0 Å². The van der Waals surface area contributed by atoms with Gasteiger partial charge >= 0.3 is 0 Å². The molecular formula is C24H19F2N3O3S. The van der Waals surface area contributed by atoms with Gasteiger partial charge in [0.1, 0.15) is 17.4 Å². The number of furan rings is 1. The molecule has 1 amide bonds. The SMILES string of the molecule is C=CCn1c(SCc2cc(F)ccc2F)nc2cc(C(=O)NCc3ccco3)ccc2c1=O. The molecule has 4 aromatic rings. The van der Waals surface area contributed by atoms with Crippen molar-refractivity contribution in [3.05, 3.63) is 106 Å². The third-order valence-corrected chi connectivity index (χ3v) is 5.89. The predicted octanol–water partition coefficient (Wildman–Crippen LogP) is 4.68. The fraction of sp³-hybridized carbons (Fsp3) is 0.125. The maximum absolute atomic E-state index is 14.0. The third-order valence-electron chi connectivity index (χ3n) is 4.86. The minimum Gasteiger partial charge on any atom is -0.467 e. The zero-order chi connectivity index (χ0) is 23.4. The monoisotopic (exact) mass is 467 g/mol. The number of allylic oxidation sites excluding steroid dienone is 1. The van der Waals surface area contributed by atoms with Gasteiger partial charge in [-0.05, 0) is 48.5 Å². The Kier molecular flexibility index (Phi) is 6.69. The average molecular weight is 467 g/mol. The van der Waals surface area contributed by atoms with Crippen molar-refractivity contribution >= 4 is 28.6 Å². The lowest BCUT2D eigenvalue weighted by Gasteiger charge is -2.12. The smallest absolute Gasteiger partial charge is 0.262 e. The predicted molar refractivity (Wildman–Crippen MR) is 122 cm³/mol. The standard InChI is InChI=1S/C24H19F2N3O3S/c1-2-9-29-23(31)19-7-5-15(22(30)27-13-18-4-3-10-32-18)12-21(19)28-24(29)33-14-16-11-17(25)6-8-20(16)26/h2-8,10-12H,1,9,13-14H2,(H,27,30). The largest absolute Gasteiger partial charge is 0.467 e. The van der Waals surface area contributed by atoms with Gasteiger partial charge in [-0.25, -0.2) is 13.8 Å². The molecule has 0 saturated carbocycles.